The number of nitrogens with zero attached hydrogens (tertiary/aromatic N) is 1. The standard InChI is InChI=1S/C15H11F2NO/c16-11-7-4-8-12(17)14(11)15-18-9-13(19-15)10-5-2-1-3-6-10/h1-8,13H,9H2. The average molecular weight is 259 g/mol. The van der Waals surface area contributed by atoms with Gasteiger partial charge in [-0.1, -0.05) is 36.4 Å². The fourth-order valence-electron chi connectivity index (χ4n) is 2.06. The molecule has 19 heavy (non-hydrogen) atoms. The van der Waals surface area contributed by atoms with Crippen molar-refractivity contribution in [1.29, 1.82) is 0 Å². The summed E-state index contributed by atoms with van der Waals surface area (Å²) in [4.78, 5) is 4.10. The first-order valence-corrected chi connectivity index (χ1v) is 5.96. The normalized spacial score (nSPS) is 18.0. The quantitative estimate of drug-likeness (QED) is 0.809. The number of hydrogen-bond acceptors (Lipinski definition) is 2. The molecule has 0 radical (unpaired) electrons. The molecule has 0 saturated carbocycles. The molecule has 3 rings (SSSR count). The fourth-order valence-corrected chi connectivity index (χ4v) is 2.06. The third kappa shape index (κ3) is 2.21. The molecule has 0 fully saturated rings. The average Bonchev–Trinajstić information content (AvgIpc) is 2.89. The van der Waals surface area contributed by atoms with Crippen LogP contribution in [0.4, 0.5) is 8.78 Å². The van der Waals surface area contributed by atoms with Gasteiger partial charge in [0.1, 0.15) is 23.3 Å². The van der Waals surface area contributed by atoms with E-state index in [-0.39, 0.29) is 17.6 Å². The molecule has 0 amide bonds. The first-order valence-electron chi connectivity index (χ1n) is 5.96. The van der Waals surface area contributed by atoms with Crippen molar-refractivity contribution < 1.29 is 13.5 Å². The van der Waals surface area contributed by atoms with Gasteiger partial charge in [0.05, 0.1) is 6.54 Å². The molecule has 1 aliphatic heterocycles. The zero-order valence-corrected chi connectivity index (χ0v) is 10.0. The largest absolute Gasteiger partial charge is 0.467 e. The Morgan fingerprint density at radius 1 is 0.947 bits per heavy atom. The second-order valence-corrected chi connectivity index (χ2v) is 4.26. The smallest absolute Gasteiger partial charge is 0.222 e. The summed E-state index contributed by atoms with van der Waals surface area (Å²) in [6, 6.07) is 13.2. The third-order valence-corrected chi connectivity index (χ3v) is 3.00. The molecule has 1 heterocycles. The number of benzene rings is 2. The van der Waals surface area contributed by atoms with E-state index in [1.165, 1.54) is 18.2 Å². The Bertz CT molecular complexity index is 605. The van der Waals surface area contributed by atoms with Gasteiger partial charge >= 0.3 is 0 Å². The lowest BCUT2D eigenvalue weighted by molar-refractivity contribution is 0.229. The Kier molecular flexibility index (Phi) is 2.99. The molecule has 1 aliphatic rings. The van der Waals surface area contributed by atoms with E-state index in [0.29, 0.717) is 6.54 Å². The van der Waals surface area contributed by atoms with Gasteiger partial charge in [0.25, 0.3) is 0 Å². The van der Waals surface area contributed by atoms with Crippen molar-refractivity contribution in [2.75, 3.05) is 6.54 Å². The van der Waals surface area contributed by atoms with Gasteiger partial charge < -0.3 is 4.74 Å². The Balaban J connectivity index is 1.87. The highest BCUT2D eigenvalue weighted by molar-refractivity contribution is 5.95. The second-order valence-electron chi connectivity index (χ2n) is 4.26. The van der Waals surface area contributed by atoms with E-state index in [9.17, 15) is 8.78 Å². The van der Waals surface area contributed by atoms with Gasteiger partial charge in [0.2, 0.25) is 5.90 Å². The number of aliphatic imine (C=N–C) groups is 1. The molecule has 0 aromatic heterocycles. The van der Waals surface area contributed by atoms with Gasteiger partial charge in [-0.05, 0) is 17.7 Å². The van der Waals surface area contributed by atoms with Crippen molar-refractivity contribution in [3.8, 4) is 0 Å². The molecule has 1 unspecified atom stereocenters. The number of ether oxygens (including phenoxy) is 1. The highest BCUT2D eigenvalue weighted by Crippen LogP contribution is 2.26. The maximum absolute atomic E-state index is 13.6. The van der Waals surface area contributed by atoms with Crippen LogP contribution in [0.5, 0.6) is 0 Å². The lowest BCUT2D eigenvalue weighted by Crippen LogP contribution is -2.10. The van der Waals surface area contributed by atoms with Crippen LogP contribution in [0.25, 0.3) is 0 Å². The predicted molar refractivity (Wildman–Crippen MR) is 68.0 cm³/mol. The molecule has 0 aliphatic carbocycles. The minimum atomic E-state index is -0.660. The van der Waals surface area contributed by atoms with E-state index in [1.54, 1.807) is 0 Å². The van der Waals surface area contributed by atoms with Crippen LogP contribution < -0.4 is 0 Å². The Morgan fingerprint density at radius 2 is 1.63 bits per heavy atom. The van der Waals surface area contributed by atoms with Gasteiger partial charge in [-0.2, -0.15) is 0 Å². The van der Waals surface area contributed by atoms with Crippen molar-refractivity contribution in [2.24, 2.45) is 4.99 Å². The maximum Gasteiger partial charge on any atom is 0.222 e. The van der Waals surface area contributed by atoms with E-state index in [4.69, 9.17) is 4.74 Å². The highest BCUT2D eigenvalue weighted by atomic mass is 19.1. The van der Waals surface area contributed by atoms with Crippen LogP contribution in [0, 0.1) is 11.6 Å². The molecule has 2 nitrogen and oxygen atoms in total. The zero-order valence-electron chi connectivity index (χ0n) is 10.0. The van der Waals surface area contributed by atoms with Crippen LogP contribution in [0.2, 0.25) is 0 Å². The number of rotatable bonds is 2. The van der Waals surface area contributed by atoms with Crippen LogP contribution in [0.3, 0.4) is 0 Å². The molecule has 4 heteroatoms. The van der Waals surface area contributed by atoms with E-state index < -0.39 is 11.6 Å². The van der Waals surface area contributed by atoms with Crippen molar-refractivity contribution >= 4 is 5.90 Å². The summed E-state index contributed by atoms with van der Waals surface area (Å²) in [5.74, 6) is -1.29. The number of hydrogen-bond donors (Lipinski definition) is 0. The second kappa shape index (κ2) is 4.80. The van der Waals surface area contributed by atoms with E-state index in [0.717, 1.165) is 5.56 Å². The summed E-state index contributed by atoms with van der Waals surface area (Å²) in [5.41, 5.74) is 0.749. The predicted octanol–water partition coefficient (Wildman–Crippen LogP) is 3.48. The molecule has 96 valence electrons. The molecular weight excluding hydrogens is 248 g/mol. The van der Waals surface area contributed by atoms with Gasteiger partial charge in [-0.15, -0.1) is 0 Å². The van der Waals surface area contributed by atoms with Gasteiger partial charge in [0.15, 0.2) is 0 Å². The monoisotopic (exact) mass is 259 g/mol. The van der Waals surface area contributed by atoms with Crippen LogP contribution in [0.1, 0.15) is 17.2 Å². The zero-order chi connectivity index (χ0) is 13.2. The molecule has 0 bridgehead atoms. The summed E-state index contributed by atoms with van der Waals surface area (Å²) in [5, 5.41) is 0. The van der Waals surface area contributed by atoms with Gasteiger partial charge in [-0.25, -0.2) is 13.8 Å². The molecule has 2 aromatic carbocycles. The third-order valence-electron chi connectivity index (χ3n) is 3.00. The molecule has 0 spiro atoms. The van der Waals surface area contributed by atoms with Crippen molar-refractivity contribution in [2.45, 2.75) is 6.10 Å². The summed E-state index contributed by atoms with van der Waals surface area (Å²) in [6.45, 7) is 0.368. The van der Waals surface area contributed by atoms with Crippen molar-refractivity contribution in [3.05, 3.63) is 71.3 Å². The minimum Gasteiger partial charge on any atom is -0.467 e. The number of halogens is 2. The molecule has 1 atom stereocenters. The van der Waals surface area contributed by atoms with E-state index in [1.807, 2.05) is 30.3 Å². The summed E-state index contributed by atoms with van der Waals surface area (Å²) in [7, 11) is 0. The topological polar surface area (TPSA) is 21.6 Å². The lowest BCUT2D eigenvalue weighted by atomic mass is 10.1. The summed E-state index contributed by atoms with van der Waals surface area (Å²) < 4.78 is 32.8. The van der Waals surface area contributed by atoms with Crippen LogP contribution in [-0.2, 0) is 4.74 Å². The minimum absolute atomic E-state index is 0.0319. The fraction of sp³-hybridized carbons (Fsp3) is 0.133. The maximum atomic E-state index is 13.6. The Labute approximate surface area is 109 Å². The van der Waals surface area contributed by atoms with Gasteiger partial charge in [-0.3, -0.25) is 0 Å². The molecule has 0 saturated heterocycles. The highest BCUT2D eigenvalue weighted by Gasteiger charge is 2.26. The summed E-state index contributed by atoms with van der Waals surface area (Å²) >= 11 is 0. The Hall–Kier alpha value is -2.23. The first kappa shape index (κ1) is 11.8. The molecular formula is C15H11F2NO. The van der Waals surface area contributed by atoms with Crippen LogP contribution >= 0.6 is 0 Å². The van der Waals surface area contributed by atoms with Crippen LogP contribution in [0.15, 0.2) is 53.5 Å². The molecule has 0 N–H and O–H groups in total. The van der Waals surface area contributed by atoms with E-state index in [2.05, 4.69) is 4.99 Å². The molecule has 2 aromatic rings. The lowest BCUT2D eigenvalue weighted by Gasteiger charge is -2.12. The van der Waals surface area contributed by atoms with Crippen molar-refractivity contribution in [3.63, 3.8) is 0 Å². The van der Waals surface area contributed by atoms with E-state index >= 15 is 0 Å². The first-order chi connectivity index (χ1) is 9.25. The Morgan fingerprint density at radius 3 is 2.32 bits per heavy atom. The van der Waals surface area contributed by atoms with Crippen LogP contribution in [-0.4, -0.2) is 12.4 Å². The van der Waals surface area contributed by atoms with Crippen molar-refractivity contribution in [1.82, 2.24) is 0 Å². The SMILES string of the molecule is Fc1cccc(F)c1C1=NCC(c2ccccc2)O1. The summed E-state index contributed by atoms with van der Waals surface area (Å²) in [6.07, 6.45) is -0.282. The van der Waals surface area contributed by atoms with Gasteiger partial charge in [0, 0.05) is 0 Å².